The van der Waals surface area contributed by atoms with Crippen LogP contribution in [0.5, 0.6) is 11.5 Å². The van der Waals surface area contributed by atoms with E-state index in [4.69, 9.17) is 4.74 Å². The third kappa shape index (κ3) is 4.57. The van der Waals surface area contributed by atoms with E-state index in [2.05, 4.69) is 16.9 Å². The molecule has 1 aromatic heterocycles. The number of aromatic nitrogens is 2. The summed E-state index contributed by atoms with van der Waals surface area (Å²) in [6, 6.07) is 17.5. The Morgan fingerprint density at radius 3 is 2.60 bits per heavy atom. The monoisotopic (exact) mass is 334 g/mol. The van der Waals surface area contributed by atoms with Gasteiger partial charge in [-0.05, 0) is 36.6 Å². The van der Waals surface area contributed by atoms with Crippen molar-refractivity contribution in [1.82, 2.24) is 9.97 Å². The van der Waals surface area contributed by atoms with Crippen LogP contribution in [0.15, 0.2) is 60.8 Å². The molecule has 4 nitrogen and oxygen atoms in total. The average molecular weight is 334 g/mol. The number of Topliss-reactive ketones (excluding diaryl/α,β-unsaturated/α-hetero) is 1. The number of aromatic amines is 1. The highest BCUT2D eigenvalue weighted by Crippen LogP contribution is 2.26. The number of carbonyl (C=O) groups excluding carboxylic acids is 1. The molecular formula is C21H22N2O2. The lowest BCUT2D eigenvalue weighted by atomic mass is 10.1. The molecule has 0 aliphatic rings. The van der Waals surface area contributed by atoms with Crippen LogP contribution in [-0.4, -0.2) is 15.8 Å². The summed E-state index contributed by atoms with van der Waals surface area (Å²) in [4.78, 5) is 19.8. The van der Waals surface area contributed by atoms with Gasteiger partial charge in [-0.15, -0.1) is 0 Å². The molecule has 128 valence electrons. The van der Waals surface area contributed by atoms with Crippen molar-refractivity contribution in [3.05, 3.63) is 77.9 Å². The number of nitrogens with one attached hydrogen (secondary N) is 1. The van der Waals surface area contributed by atoms with Crippen molar-refractivity contribution in [2.45, 2.75) is 32.6 Å². The molecule has 0 saturated heterocycles. The maximum absolute atomic E-state index is 12.4. The van der Waals surface area contributed by atoms with E-state index in [1.54, 1.807) is 6.20 Å². The van der Waals surface area contributed by atoms with E-state index in [1.165, 1.54) is 0 Å². The highest BCUT2D eigenvalue weighted by molar-refractivity contribution is 5.94. The van der Waals surface area contributed by atoms with Gasteiger partial charge < -0.3 is 9.72 Å². The molecule has 0 fully saturated rings. The highest BCUT2D eigenvalue weighted by atomic mass is 16.5. The number of ketones is 1. The Morgan fingerprint density at radius 1 is 1.04 bits per heavy atom. The molecule has 0 aliphatic carbocycles. The topological polar surface area (TPSA) is 55.0 Å². The number of carbonyl (C=O) groups is 1. The number of aryl methyl sites for hydroxylation is 2. The van der Waals surface area contributed by atoms with E-state index < -0.39 is 0 Å². The molecule has 0 radical (unpaired) electrons. The van der Waals surface area contributed by atoms with Gasteiger partial charge in [0.05, 0.1) is 6.20 Å². The largest absolute Gasteiger partial charge is 0.457 e. The summed E-state index contributed by atoms with van der Waals surface area (Å²) in [6.45, 7) is 2.09. The minimum atomic E-state index is 0.0735. The van der Waals surface area contributed by atoms with Gasteiger partial charge >= 0.3 is 0 Å². The van der Waals surface area contributed by atoms with Gasteiger partial charge in [-0.2, -0.15) is 0 Å². The van der Waals surface area contributed by atoms with Crippen LogP contribution in [0, 0.1) is 0 Å². The van der Waals surface area contributed by atoms with E-state index >= 15 is 0 Å². The number of imidazole rings is 1. The van der Waals surface area contributed by atoms with Crippen LogP contribution in [0.1, 0.15) is 41.6 Å². The van der Waals surface area contributed by atoms with Crippen molar-refractivity contribution in [2.24, 2.45) is 0 Å². The molecule has 0 bridgehead atoms. The van der Waals surface area contributed by atoms with Crippen LogP contribution in [0.3, 0.4) is 0 Å². The summed E-state index contributed by atoms with van der Waals surface area (Å²) in [5.74, 6) is 2.53. The van der Waals surface area contributed by atoms with Crippen molar-refractivity contribution in [1.29, 1.82) is 0 Å². The number of para-hydroxylation sites is 2. The molecule has 0 aliphatic heterocycles. The second-order valence-electron chi connectivity index (χ2n) is 5.94. The Morgan fingerprint density at radius 2 is 1.80 bits per heavy atom. The van der Waals surface area contributed by atoms with Gasteiger partial charge in [-0.25, -0.2) is 4.98 Å². The van der Waals surface area contributed by atoms with E-state index in [1.807, 2.05) is 54.6 Å². The molecule has 2 aromatic carbocycles. The van der Waals surface area contributed by atoms with Crippen LogP contribution in [0.25, 0.3) is 0 Å². The zero-order chi connectivity index (χ0) is 17.5. The maximum Gasteiger partial charge on any atom is 0.180 e. The van der Waals surface area contributed by atoms with Gasteiger partial charge in [0.25, 0.3) is 0 Å². The molecule has 0 saturated carbocycles. The van der Waals surface area contributed by atoms with E-state index in [9.17, 15) is 4.79 Å². The molecule has 0 atom stereocenters. The summed E-state index contributed by atoms with van der Waals surface area (Å²) >= 11 is 0. The summed E-state index contributed by atoms with van der Waals surface area (Å²) < 4.78 is 5.95. The van der Waals surface area contributed by atoms with Crippen LogP contribution in [0.4, 0.5) is 0 Å². The standard InChI is InChI=1S/C21H22N2O2/c1-2-8-21-22-15-18(23-21)19(24)14-13-16-9-6-7-12-20(16)25-17-10-4-3-5-11-17/h3-7,9-12,15H,2,8,13-14H2,1H3,(H,22,23). The van der Waals surface area contributed by atoms with Gasteiger partial charge in [0.2, 0.25) is 0 Å². The average Bonchev–Trinajstić information content (AvgIpc) is 3.11. The quantitative estimate of drug-likeness (QED) is 0.592. The Balaban J connectivity index is 1.65. The predicted octanol–water partition coefficient (Wildman–Crippen LogP) is 4.97. The zero-order valence-electron chi connectivity index (χ0n) is 14.4. The van der Waals surface area contributed by atoms with Crippen LogP contribution < -0.4 is 4.74 Å². The first-order chi connectivity index (χ1) is 12.3. The van der Waals surface area contributed by atoms with E-state index in [0.29, 0.717) is 18.5 Å². The number of nitrogens with zero attached hydrogens (tertiary/aromatic N) is 1. The van der Waals surface area contributed by atoms with Crippen LogP contribution >= 0.6 is 0 Å². The molecule has 1 heterocycles. The first-order valence-corrected chi connectivity index (χ1v) is 8.64. The third-order valence-corrected chi connectivity index (χ3v) is 3.98. The van der Waals surface area contributed by atoms with Gasteiger partial charge in [0.1, 0.15) is 23.0 Å². The Bertz CT molecular complexity index is 825. The fraction of sp³-hybridized carbons (Fsp3) is 0.238. The number of benzene rings is 2. The summed E-state index contributed by atoms with van der Waals surface area (Å²) in [5, 5.41) is 0. The normalized spacial score (nSPS) is 10.6. The van der Waals surface area contributed by atoms with Crippen molar-refractivity contribution < 1.29 is 9.53 Å². The highest BCUT2D eigenvalue weighted by Gasteiger charge is 2.12. The predicted molar refractivity (Wildman–Crippen MR) is 98.2 cm³/mol. The fourth-order valence-corrected chi connectivity index (χ4v) is 2.68. The smallest absolute Gasteiger partial charge is 0.180 e. The molecule has 3 rings (SSSR count). The van der Waals surface area contributed by atoms with Crippen LogP contribution in [-0.2, 0) is 12.8 Å². The molecule has 0 spiro atoms. The molecule has 1 N–H and O–H groups in total. The zero-order valence-corrected chi connectivity index (χ0v) is 14.4. The van der Waals surface area contributed by atoms with Gasteiger partial charge in [-0.1, -0.05) is 43.3 Å². The van der Waals surface area contributed by atoms with Crippen molar-refractivity contribution in [3.63, 3.8) is 0 Å². The number of hydrogen-bond acceptors (Lipinski definition) is 3. The number of H-pyrrole nitrogens is 1. The fourth-order valence-electron chi connectivity index (χ4n) is 2.68. The summed E-state index contributed by atoms with van der Waals surface area (Å²) in [6.07, 6.45) is 4.55. The van der Waals surface area contributed by atoms with Crippen LogP contribution in [0.2, 0.25) is 0 Å². The number of hydrogen-bond donors (Lipinski definition) is 1. The first kappa shape index (κ1) is 17.0. The third-order valence-electron chi connectivity index (χ3n) is 3.98. The Labute approximate surface area is 147 Å². The molecule has 0 amide bonds. The minimum absolute atomic E-state index is 0.0735. The molecule has 25 heavy (non-hydrogen) atoms. The van der Waals surface area contributed by atoms with Crippen molar-refractivity contribution in [2.75, 3.05) is 0 Å². The number of ether oxygens (including phenoxy) is 1. The molecular weight excluding hydrogens is 312 g/mol. The van der Waals surface area contributed by atoms with E-state index in [0.717, 1.165) is 35.7 Å². The molecule has 4 heteroatoms. The summed E-state index contributed by atoms with van der Waals surface area (Å²) in [5.41, 5.74) is 1.61. The molecule has 0 unspecified atom stereocenters. The van der Waals surface area contributed by atoms with E-state index in [-0.39, 0.29) is 5.78 Å². The Kier molecular flexibility index (Phi) is 5.62. The number of rotatable bonds is 8. The van der Waals surface area contributed by atoms with Crippen molar-refractivity contribution >= 4 is 5.78 Å². The van der Waals surface area contributed by atoms with Crippen molar-refractivity contribution in [3.8, 4) is 11.5 Å². The lowest BCUT2D eigenvalue weighted by Gasteiger charge is -2.10. The lowest BCUT2D eigenvalue weighted by Crippen LogP contribution is -2.03. The summed E-state index contributed by atoms with van der Waals surface area (Å²) in [7, 11) is 0. The second kappa shape index (κ2) is 8.29. The van der Waals surface area contributed by atoms with Gasteiger partial charge in [0, 0.05) is 12.8 Å². The SMILES string of the molecule is CCCc1ncc(C(=O)CCc2ccccc2Oc2ccccc2)[nH]1. The Hall–Kier alpha value is -2.88. The van der Waals surface area contributed by atoms with Gasteiger partial charge in [-0.3, -0.25) is 4.79 Å². The van der Waals surface area contributed by atoms with Gasteiger partial charge in [0.15, 0.2) is 5.78 Å². The minimum Gasteiger partial charge on any atom is -0.457 e. The molecule has 3 aromatic rings. The maximum atomic E-state index is 12.4. The second-order valence-corrected chi connectivity index (χ2v) is 5.94. The lowest BCUT2D eigenvalue weighted by molar-refractivity contribution is 0.0978. The first-order valence-electron chi connectivity index (χ1n) is 8.64.